The van der Waals surface area contributed by atoms with Crippen molar-refractivity contribution >= 4 is 40.1 Å². The summed E-state index contributed by atoms with van der Waals surface area (Å²) in [6.07, 6.45) is 5.32. The molecule has 0 fully saturated rings. The number of halogens is 2. The highest BCUT2D eigenvalue weighted by Gasteiger charge is 2.06. The summed E-state index contributed by atoms with van der Waals surface area (Å²) >= 11 is 13.1. The second kappa shape index (κ2) is 6.70. The number of thioether (sulfide) groups is 1. The summed E-state index contributed by atoms with van der Waals surface area (Å²) in [7, 11) is 1.65. The van der Waals surface area contributed by atoms with Crippen molar-refractivity contribution in [3.63, 3.8) is 0 Å². The van der Waals surface area contributed by atoms with Crippen molar-refractivity contribution < 1.29 is 0 Å². The Morgan fingerprint density at radius 3 is 2.94 bits per heavy atom. The molecule has 0 spiro atoms. The summed E-state index contributed by atoms with van der Waals surface area (Å²) in [4.78, 5) is 9.60. The van der Waals surface area contributed by atoms with Gasteiger partial charge in [0.2, 0.25) is 0 Å². The van der Waals surface area contributed by atoms with Crippen molar-refractivity contribution in [2.75, 3.05) is 13.3 Å². The number of hydrogen-bond acceptors (Lipinski definition) is 4. The van der Waals surface area contributed by atoms with Crippen LogP contribution in [-0.4, -0.2) is 28.4 Å². The van der Waals surface area contributed by atoms with Crippen LogP contribution < -0.4 is 0 Å². The van der Waals surface area contributed by atoms with Crippen molar-refractivity contribution in [2.45, 2.75) is 6.54 Å². The molecule has 0 saturated carbocycles. The highest BCUT2D eigenvalue weighted by atomic mass is 35.5. The number of amidine groups is 1. The molecule has 0 aromatic carbocycles. The SMILES string of the molecule is CSC(=NCc1cc(Cl)cnc1Cl)N(C)C#N. The van der Waals surface area contributed by atoms with Gasteiger partial charge in [-0.25, -0.2) is 4.98 Å². The molecule has 0 unspecified atom stereocenters. The monoisotopic (exact) mass is 288 g/mol. The lowest BCUT2D eigenvalue weighted by molar-refractivity contribution is 0.719. The van der Waals surface area contributed by atoms with Gasteiger partial charge in [0.05, 0.1) is 11.6 Å². The highest BCUT2D eigenvalue weighted by molar-refractivity contribution is 8.13. The molecule has 0 atom stereocenters. The van der Waals surface area contributed by atoms with Crippen LogP contribution in [0.1, 0.15) is 5.56 Å². The third-order valence-electron chi connectivity index (χ3n) is 1.88. The Bertz CT molecular complexity index is 470. The smallest absolute Gasteiger partial charge is 0.185 e. The summed E-state index contributed by atoms with van der Waals surface area (Å²) in [6.45, 7) is 0.342. The van der Waals surface area contributed by atoms with Crippen molar-refractivity contribution in [1.29, 1.82) is 5.26 Å². The minimum atomic E-state index is 0.342. The number of rotatable bonds is 2. The van der Waals surface area contributed by atoms with Gasteiger partial charge in [0, 0.05) is 18.8 Å². The number of hydrogen-bond donors (Lipinski definition) is 0. The van der Waals surface area contributed by atoms with E-state index < -0.39 is 0 Å². The molecule has 1 rings (SSSR count). The topological polar surface area (TPSA) is 52.3 Å². The van der Waals surface area contributed by atoms with Crippen LogP contribution in [-0.2, 0) is 6.54 Å². The first-order chi connectivity index (χ1) is 8.08. The van der Waals surface area contributed by atoms with Gasteiger partial charge in [-0.05, 0) is 12.3 Å². The van der Waals surface area contributed by atoms with Gasteiger partial charge in [-0.3, -0.25) is 9.89 Å². The Balaban J connectivity index is 2.88. The third-order valence-corrected chi connectivity index (χ3v) is 3.20. The standard InChI is InChI=1S/C10H10Cl2N4S/c1-16(6-13)10(17-2)15-4-7-3-8(11)5-14-9(7)12/h3,5H,4H2,1-2H3. The van der Waals surface area contributed by atoms with Gasteiger partial charge >= 0.3 is 0 Å². The van der Waals surface area contributed by atoms with Gasteiger partial charge in [0.15, 0.2) is 11.4 Å². The van der Waals surface area contributed by atoms with E-state index in [-0.39, 0.29) is 0 Å². The van der Waals surface area contributed by atoms with Crippen LogP contribution in [0.2, 0.25) is 10.2 Å². The normalized spacial score (nSPS) is 11.1. The first-order valence-electron chi connectivity index (χ1n) is 4.60. The van der Waals surface area contributed by atoms with Crippen LogP contribution >= 0.6 is 35.0 Å². The fourth-order valence-corrected chi connectivity index (χ4v) is 1.93. The van der Waals surface area contributed by atoms with Gasteiger partial charge in [0.1, 0.15) is 5.15 Å². The molecule has 1 aromatic heterocycles. The number of aliphatic imine (C=N–C) groups is 1. The van der Waals surface area contributed by atoms with E-state index in [1.807, 2.05) is 12.4 Å². The molecule has 17 heavy (non-hydrogen) atoms. The summed E-state index contributed by atoms with van der Waals surface area (Å²) in [5, 5.41) is 10.3. The van der Waals surface area contributed by atoms with E-state index in [0.29, 0.717) is 21.9 Å². The molecule has 90 valence electrons. The lowest BCUT2D eigenvalue weighted by Crippen LogP contribution is -2.17. The third kappa shape index (κ3) is 4.08. The zero-order valence-electron chi connectivity index (χ0n) is 9.31. The molecular weight excluding hydrogens is 279 g/mol. The van der Waals surface area contributed by atoms with Crippen molar-refractivity contribution in [2.24, 2.45) is 4.99 Å². The molecule has 1 aromatic rings. The second-order valence-electron chi connectivity index (χ2n) is 3.07. The Morgan fingerprint density at radius 2 is 2.35 bits per heavy atom. The van der Waals surface area contributed by atoms with Gasteiger partial charge in [-0.1, -0.05) is 35.0 Å². The maximum atomic E-state index is 8.75. The van der Waals surface area contributed by atoms with Crippen molar-refractivity contribution in [3.8, 4) is 6.19 Å². The average Bonchev–Trinajstić information content (AvgIpc) is 2.33. The zero-order valence-corrected chi connectivity index (χ0v) is 11.6. The van der Waals surface area contributed by atoms with E-state index in [2.05, 4.69) is 9.98 Å². The van der Waals surface area contributed by atoms with Gasteiger partial charge in [-0.2, -0.15) is 5.26 Å². The zero-order chi connectivity index (χ0) is 12.8. The molecule has 0 saturated heterocycles. The first-order valence-corrected chi connectivity index (χ1v) is 6.58. The van der Waals surface area contributed by atoms with E-state index >= 15 is 0 Å². The van der Waals surface area contributed by atoms with Crippen LogP contribution in [0.4, 0.5) is 0 Å². The number of nitrogens with zero attached hydrogens (tertiary/aromatic N) is 4. The number of nitriles is 1. The van der Waals surface area contributed by atoms with E-state index in [9.17, 15) is 0 Å². The van der Waals surface area contributed by atoms with E-state index in [1.165, 1.54) is 22.9 Å². The Kier molecular flexibility index (Phi) is 5.56. The van der Waals surface area contributed by atoms with Crippen LogP contribution in [0.5, 0.6) is 0 Å². The van der Waals surface area contributed by atoms with E-state index in [0.717, 1.165) is 5.56 Å². The molecule has 0 radical (unpaired) electrons. The maximum absolute atomic E-state index is 8.75. The predicted octanol–water partition coefficient (Wildman–Crippen LogP) is 3.02. The van der Waals surface area contributed by atoms with Crippen LogP contribution in [0.3, 0.4) is 0 Å². The van der Waals surface area contributed by atoms with Crippen LogP contribution in [0.15, 0.2) is 17.3 Å². The molecule has 7 heteroatoms. The van der Waals surface area contributed by atoms with E-state index in [4.69, 9.17) is 28.5 Å². The van der Waals surface area contributed by atoms with Gasteiger partial charge in [0.25, 0.3) is 0 Å². The molecule has 0 amide bonds. The first kappa shape index (κ1) is 14.1. The lowest BCUT2D eigenvalue weighted by Gasteiger charge is -2.09. The Labute approximate surface area is 114 Å². The minimum absolute atomic E-state index is 0.342. The number of pyridine rings is 1. The second-order valence-corrected chi connectivity index (χ2v) is 4.63. The molecule has 0 N–H and O–H groups in total. The predicted molar refractivity (Wildman–Crippen MR) is 72.3 cm³/mol. The van der Waals surface area contributed by atoms with Gasteiger partial charge in [-0.15, -0.1) is 0 Å². The summed E-state index contributed by atoms with van der Waals surface area (Å²) in [6, 6.07) is 1.71. The Morgan fingerprint density at radius 1 is 1.65 bits per heavy atom. The minimum Gasteiger partial charge on any atom is -0.261 e. The Hall–Kier alpha value is -0.960. The molecule has 0 aliphatic heterocycles. The quantitative estimate of drug-likeness (QED) is 0.276. The van der Waals surface area contributed by atoms with Crippen LogP contribution in [0, 0.1) is 11.5 Å². The summed E-state index contributed by atoms with van der Waals surface area (Å²) in [5.74, 6) is 0. The maximum Gasteiger partial charge on any atom is 0.185 e. The van der Waals surface area contributed by atoms with Crippen LogP contribution in [0.25, 0.3) is 0 Å². The van der Waals surface area contributed by atoms with Crippen molar-refractivity contribution in [3.05, 3.63) is 28.0 Å². The average molecular weight is 289 g/mol. The molecule has 0 aliphatic carbocycles. The highest BCUT2D eigenvalue weighted by Crippen LogP contribution is 2.19. The summed E-state index contributed by atoms with van der Waals surface area (Å²) < 4.78 is 0. The lowest BCUT2D eigenvalue weighted by atomic mass is 10.3. The molecular formula is C10H10Cl2N4S. The summed E-state index contributed by atoms with van der Waals surface area (Å²) in [5.41, 5.74) is 0.733. The fraction of sp³-hybridized carbons (Fsp3) is 0.300. The number of aromatic nitrogens is 1. The molecule has 4 nitrogen and oxygen atoms in total. The molecule has 0 bridgehead atoms. The largest absolute Gasteiger partial charge is 0.261 e. The van der Waals surface area contributed by atoms with Crippen molar-refractivity contribution in [1.82, 2.24) is 9.88 Å². The fourth-order valence-electron chi connectivity index (χ4n) is 1.08. The van der Waals surface area contributed by atoms with E-state index in [1.54, 1.807) is 13.1 Å². The molecule has 1 heterocycles. The van der Waals surface area contributed by atoms with Gasteiger partial charge < -0.3 is 0 Å². The molecule has 0 aliphatic rings.